The molecule has 1 aliphatic rings. The fourth-order valence-corrected chi connectivity index (χ4v) is 10.5. The van der Waals surface area contributed by atoms with Crippen LogP contribution in [0.4, 0.5) is 0 Å². The van der Waals surface area contributed by atoms with E-state index in [1.165, 1.54) is 107 Å². The van der Waals surface area contributed by atoms with Crippen LogP contribution < -0.4 is 0 Å². The van der Waals surface area contributed by atoms with E-state index in [2.05, 4.69) is 170 Å². The number of hydrogen-bond acceptors (Lipinski definition) is 2. The van der Waals surface area contributed by atoms with Crippen LogP contribution in [0, 0.1) is 0 Å². The van der Waals surface area contributed by atoms with E-state index in [-0.39, 0.29) is 0 Å². The van der Waals surface area contributed by atoms with Crippen LogP contribution in [0.15, 0.2) is 180 Å². The lowest BCUT2D eigenvalue weighted by Gasteiger charge is -2.22. The van der Waals surface area contributed by atoms with Crippen molar-refractivity contribution < 1.29 is 0 Å². The molecule has 9 aromatic carbocycles. The van der Waals surface area contributed by atoms with Crippen LogP contribution in [0.25, 0.3) is 97.0 Å². The van der Waals surface area contributed by atoms with Crippen LogP contribution >= 0.6 is 23.1 Å². The third-order valence-corrected chi connectivity index (χ3v) is 12.7. The Bertz CT molecular complexity index is 2990. The molecule has 0 saturated heterocycles. The third kappa shape index (κ3) is 4.26. The van der Waals surface area contributed by atoms with Gasteiger partial charge in [0.05, 0.1) is 0 Å². The Hall–Kier alpha value is -5.67. The first kappa shape index (κ1) is 28.2. The van der Waals surface area contributed by atoms with Gasteiger partial charge in [0.15, 0.2) is 0 Å². The summed E-state index contributed by atoms with van der Waals surface area (Å²) >= 11 is 3.82. The number of benzene rings is 9. The van der Waals surface area contributed by atoms with Crippen molar-refractivity contribution >= 4 is 75.6 Å². The lowest BCUT2D eigenvalue weighted by molar-refractivity contribution is 1.40. The minimum Gasteiger partial charge on any atom is -0.135 e. The molecule has 11 rings (SSSR count). The number of hydrogen-bond donors (Lipinski definition) is 0. The molecule has 0 nitrogen and oxygen atoms in total. The maximum Gasteiger partial charge on any atom is 0.0368 e. The molecule has 0 aliphatic carbocycles. The highest BCUT2D eigenvalue weighted by Crippen LogP contribution is 2.53. The van der Waals surface area contributed by atoms with Gasteiger partial charge in [0.2, 0.25) is 0 Å². The molecule has 2 heteroatoms. The number of thiophene rings is 1. The summed E-state index contributed by atoms with van der Waals surface area (Å²) < 4.78 is 2.68. The fourth-order valence-electron chi connectivity index (χ4n) is 8.10. The second kappa shape index (κ2) is 10.9. The van der Waals surface area contributed by atoms with Gasteiger partial charge < -0.3 is 0 Å². The molecular formula is C48H28S2. The lowest BCUT2D eigenvalue weighted by atomic mass is 9.92. The van der Waals surface area contributed by atoms with Gasteiger partial charge in [-0.25, -0.2) is 0 Å². The highest BCUT2D eigenvalue weighted by Gasteiger charge is 2.23. The predicted molar refractivity (Wildman–Crippen MR) is 218 cm³/mol. The van der Waals surface area contributed by atoms with E-state index in [1.54, 1.807) is 0 Å². The van der Waals surface area contributed by atoms with Gasteiger partial charge in [-0.05, 0) is 95.7 Å². The van der Waals surface area contributed by atoms with Crippen molar-refractivity contribution in [1.82, 2.24) is 0 Å². The van der Waals surface area contributed by atoms with E-state index in [9.17, 15) is 0 Å². The van der Waals surface area contributed by atoms with Crippen LogP contribution in [0.5, 0.6) is 0 Å². The van der Waals surface area contributed by atoms with Crippen molar-refractivity contribution in [2.24, 2.45) is 0 Å². The standard InChI is InChI=1S/C48H28S2/c1-3-12-35-30(8-1)10-5-14-37(35)32-20-18-29(19-21-32)33-22-25-40-45(26-33)50-46-28-42-39-24-23-34(38-15-6-11-31-9-2-4-13-36(31)38)27-44(39)49-43-17-7-16-41(47(40)46)48(42)43/h1-28H. The summed E-state index contributed by atoms with van der Waals surface area (Å²) in [7, 11) is 0. The van der Waals surface area contributed by atoms with Crippen molar-refractivity contribution in [3.8, 4) is 44.5 Å². The summed E-state index contributed by atoms with van der Waals surface area (Å²) in [6.45, 7) is 0. The summed E-state index contributed by atoms with van der Waals surface area (Å²) in [5.74, 6) is 0. The summed E-state index contributed by atoms with van der Waals surface area (Å²) in [6, 6.07) is 63.0. The zero-order valence-corrected chi connectivity index (χ0v) is 28.6. The Morgan fingerprint density at radius 3 is 1.70 bits per heavy atom. The lowest BCUT2D eigenvalue weighted by Crippen LogP contribution is -1.94. The Kier molecular flexibility index (Phi) is 6.16. The molecule has 0 spiro atoms. The molecule has 0 fully saturated rings. The van der Waals surface area contributed by atoms with Crippen LogP contribution in [0.1, 0.15) is 0 Å². The summed E-state index contributed by atoms with van der Waals surface area (Å²) in [6.07, 6.45) is 0. The van der Waals surface area contributed by atoms with Gasteiger partial charge in [-0.2, -0.15) is 0 Å². The second-order valence-corrected chi connectivity index (χ2v) is 15.4. The maximum atomic E-state index is 2.46. The molecule has 0 radical (unpaired) electrons. The molecule has 2 heterocycles. The first-order valence-corrected chi connectivity index (χ1v) is 18.7. The molecule has 232 valence electrons. The van der Waals surface area contributed by atoms with Crippen LogP contribution in [-0.4, -0.2) is 0 Å². The zero-order valence-electron chi connectivity index (χ0n) is 27.0. The van der Waals surface area contributed by atoms with Crippen molar-refractivity contribution in [3.05, 3.63) is 170 Å². The predicted octanol–water partition coefficient (Wildman–Crippen LogP) is 14.6. The Balaban J connectivity index is 1.02. The van der Waals surface area contributed by atoms with Crippen LogP contribution in [-0.2, 0) is 0 Å². The van der Waals surface area contributed by atoms with E-state index < -0.39 is 0 Å². The first-order valence-electron chi connectivity index (χ1n) is 17.1. The summed E-state index contributed by atoms with van der Waals surface area (Å²) in [5, 5.41) is 10.6. The molecule has 0 atom stereocenters. The Morgan fingerprint density at radius 2 is 0.920 bits per heavy atom. The van der Waals surface area contributed by atoms with E-state index >= 15 is 0 Å². The van der Waals surface area contributed by atoms with Crippen molar-refractivity contribution in [2.45, 2.75) is 9.79 Å². The zero-order chi connectivity index (χ0) is 32.8. The Morgan fingerprint density at radius 1 is 0.300 bits per heavy atom. The summed E-state index contributed by atoms with van der Waals surface area (Å²) in [5.41, 5.74) is 10.2. The van der Waals surface area contributed by atoms with Gasteiger partial charge in [-0.1, -0.05) is 157 Å². The molecule has 10 aromatic rings. The van der Waals surface area contributed by atoms with Crippen molar-refractivity contribution in [3.63, 3.8) is 0 Å². The maximum absolute atomic E-state index is 2.46. The minimum atomic E-state index is 1.24. The summed E-state index contributed by atoms with van der Waals surface area (Å²) in [4.78, 5) is 2.66. The highest BCUT2D eigenvalue weighted by molar-refractivity contribution is 7.99. The quantitative estimate of drug-likeness (QED) is 0.181. The van der Waals surface area contributed by atoms with Gasteiger partial charge in [0.25, 0.3) is 0 Å². The first-order chi connectivity index (χ1) is 24.8. The molecular weight excluding hydrogens is 641 g/mol. The number of fused-ring (bicyclic) bond motifs is 8. The van der Waals surface area contributed by atoms with Crippen LogP contribution in [0.2, 0.25) is 0 Å². The van der Waals surface area contributed by atoms with E-state index in [4.69, 9.17) is 0 Å². The molecule has 0 saturated carbocycles. The van der Waals surface area contributed by atoms with Gasteiger partial charge in [-0.15, -0.1) is 11.3 Å². The van der Waals surface area contributed by atoms with E-state index in [1.807, 2.05) is 23.1 Å². The molecule has 0 amide bonds. The fraction of sp³-hybridized carbons (Fsp3) is 0. The Labute approximate surface area is 298 Å². The highest BCUT2D eigenvalue weighted by atomic mass is 32.2. The average Bonchev–Trinajstić information content (AvgIpc) is 3.55. The van der Waals surface area contributed by atoms with Gasteiger partial charge in [0.1, 0.15) is 0 Å². The molecule has 1 aliphatic heterocycles. The average molecular weight is 669 g/mol. The van der Waals surface area contributed by atoms with Crippen LogP contribution in [0.3, 0.4) is 0 Å². The number of rotatable bonds is 3. The SMILES string of the molecule is c1ccc2c(-c3ccc(-c4ccc5c(c4)sc4cc6c7c(cccc7c45)Sc4cc(-c5cccc7ccccc57)ccc4-6)cc3)cccc2c1. The smallest absolute Gasteiger partial charge is 0.0368 e. The van der Waals surface area contributed by atoms with Crippen molar-refractivity contribution in [1.29, 1.82) is 0 Å². The van der Waals surface area contributed by atoms with Gasteiger partial charge in [0, 0.05) is 35.3 Å². The van der Waals surface area contributed by atoms with E-state index in [0.29, 0.717) is 0 Å². The minimum absolute atomic E-state index is 1.24. The molecule has 0 N–H and O–H groups in total. The normalized spacial score (nSPS) is 12.3. The molecule has 50 heavy (non-hydrogen) atoms. The van der Waals surface area contributed by atoms with Gasteiger partial charge in [-0.3, -0.25) is 0 Å². The molecule has 1 aromatic heterocycles. The van der Waals surface area contributed by atoms with Crippen molar-refractivity contribution in [2.75, 3.05) is 0 Å². The topological polar surface area (TPSA) is 0 Å². The van der Waals surface area contributed by atoms with Gasteiger partial charge >= 0.3 is 0 Å². The largest absolute Gasteiger partial charge is 0.135 e. The second-order valence-electron chi connectivity index (χ2n) is 13.2. The molecule has 0 bridgehead atoms. The monoisotopic (exact) mass is 668 g/mol. The molecule has 0 unspecified atom stereocenters. The third-order valence-electron chi connectivity index (χ3n) is 10.5. The van der Waals surface area contributed by atoms with E-state index in [0.717, 1.165) is 0 Å².